The average molecular weight is 250 g/mol. The molecule has 1 aromatic rings. The summed E-state index contributed by atoms with van der Waals surface area (Å²) in [4.78, 5) is 22.8. The van der Waals surface area contributed by atoms with E-state index in [0.717, 1.165) is 5.56 Å². The van der Waals surface area contributed by atoms with E-state index in [2.05, 4.69) is 5.32 Å². The molecule has 98 valence electrons. The molecule has 5 heteroatoms. The van der Waals surface area contributed by atoms with Crippen LogP contribution >= 0.6 is 0 Å². The summed E-state index contributed by atoms with van der Waals surface area (Å²) in [6.07, 6.45) is -0.112. The molecule has 3 N–H and O–H groups in total. The van der Waals surface area contributed by atoms with E-state index in [9.17, 15) is 9.59 Å². The van der Waals surface area contributed by atoms with Gasteiger partial charge in [-0.05, 0) is 12.5 Å². The zero-order valence-corrected chi connectivity index (χ0v) is 10.4. The van der Waals surface area contributed by atoms with Crippen LogP contribution in [-0.2, 0) is 20.9 Å². The summed E-state index contributed by atoms with van der Waals surface area (Å²) in [6.45, 7) is 2.48. The van der Waals surface area contributed by atoms with Gasteiger partial charge in [-0.1, -0.05) is 30.3 Å². The molecule has 0 fully saturated rings. The number of ether oxygens (including phenoxy) is 1. The minimum atomic E-state index is -0.853. The standard InChI is InChI=1S/C13H18N2O3/c1-2-15-13(17)11(14)8-12(16)18-9-10-6-4-3-5-7-10/h3-7,11H,2,8-9,14H2,1H3,(H,15,17). The fraction of sp³-hybridized carbons (Fsp3) is 0.385. The highest BCUT2D eigenvalue weighted by atomic mass is 16.5. The summed E-state index contributed by atoms with van der Waals surface area (Å²) in [7, 11) is 0. The maximum absolute atomic E-state index is 11.5. The van der Waals surface area contributed by atoms with Crippen molar-refractivity contribution in [1.82, 2.24) is 5.32 Å². The van der Waals surface area contributed by atoms with E-state index in [0.29, 0.717) is 6.54 Å². The van der Waals surface area contributed by atoms with E-state index in [1.54, 1.807) is 6.92 Å². The summed E-state index contributed by atoms with van der Waals surface area (Å²) in [5.41, 5.74) is 6.46. The zero-order chi connectivity index (χ0) is 13.4. The normalized spacial score (nSPS) is 11.7. The van der Waals surface area contributed by atoms with Gasteiger partial charge in [0.05, 0.1) is 12.5 Å². The van der Waals surface area contributed by atoms with Crippen LogP contribution in [0.4, 0.5) is 0 Å². The van der Waals surface area contributed by atoms with Crippen molar-refractivity contribution < 1.29 is 14.3 Å². The smallest absolute Gasteiger partial charge is 0.308 e. The van der Waals surface area contributed by atoms with Gasteiger partial charge in [0, 0.05) is 6.54 Å². The molecule has 5 nitrogen and oxygen atoms in total. The number of hydrogen-bond acceptors (Lipinski definition) is 4. The second-order valence-corrected chi connectivity index (χ2v) is 3.85. The second-order valence-electron chi connectivity index (χ2n) is 3.85. The molecule has 1 unspecified atom stereocenters. The first-order chi connectivity index (χ1) is 8.63. The summed E-state index contributed by atoms with van der Waals surface area (Å²) < 4.78 is 5.03. The molecule has 1 amide bonds. The summed E-state index contributed by atoms with van der Waals surface area (Å²) in [6, 6.07) is 8.48. The SMILES string of the molecule is CCNC(=O)C(N)CC(=O)OCc1ccccc1. The Kier molecular flexibility index (Phi) is 5.87. The van der Waals surface area contributed by atoms with Crippen molar-refractivity contribution in [2.24, 2.45) is 5.73 Å². The second kappa shape index (κ2) is 7.45. The van der Waals surface area contributed by atoms with Gasteiger partial charge in [-0.3, -0.25) is 9.59 Å². The molecule has 0 aliphatic heterocycles. The monoisotopic (exact) mass is 250 g/mol. The third-order valence-electron chi connectivity index (χ3n) is 2.32. The fourth-order valence-electron chi connectivity index (χ4n) is 1.37. The van der Waals surface area contributed by atoms with Gasteiger partial charge in [0.2, 0.25) is 5.91 Å². The molecule has 0 aliphatic rings. The lowest BCUT2D eigenvalue weighted by atomic mass is 10.2. The van der Waals surface area contributed by atoms with Crippen molar-refractivity contribution in [1.29, 1.82) is 0 Å². The quantitative estimate of drug-likeness (QED) is 0.724. The topological polar surface area (TPSA) is 81.4 Å². The van der Waals surface area contributed by atoms with Crippen molar-refractivity contribution in [3.05, 3.63) is 35.9 Å². The number of carbonyl (C=O) groups excluding carboxylic acids is 2. The number of nitrogens with two attached hydrogens (primary N) is 1. The van der Waals surface area contributed by atoms with Gasteiger partial charge in [-0.15, -0.1) is 0 Å². The molecule has 1 atom stereocenters. The summed E-state index contributed by atoms with van der Waals surface area (Å²) in [5.74, 6) is -0.813. The highest BCUT2D eigenvalue weighted by molar-refractivity contribution is 5.86. The largest absolute Gasteiger partial charge is 0.461 e. The van der Waals surface area contributed by atoms with Crippen LogP contribution in [0.15, 0.2) is 30.3 Å². The summed E-state index contributed by atoms with van der Waals surface area (Å²) in [5, 5.41) is 2.55. The Morgan fingerprint density at radius 3 is 2.61 bits per heavy atom. The number of carbonyl (C=O) groups is 2. The molecule has 18 heavy (non-hydrogen) atoms. The molecule has 0 spiro atoms. The van der Waals surface area contributed by atoms with Crippen molar-refractivity contribution in [2.45, 2.75) is 26.0 Å². The molecule has 0 heterocycles. The van der Waals surface area contributed by atoms with Crippen molar-refractivity contribution in [3.63, 3.8) is 0 Å². The number of likely N-dealkylation sites (N-methyl/N-ethyl adjacent to an activating group) is 1. The number of rotatable bonds is 6. The van der Waals surface area contributed by atoms with Crippen LogP contribution < -0.4 is 11.1 Å². The molecule has 0 radical (unpaired) electrons. The van der Waals surface area contributed by atoms with Crippen LogP contribution in [0.5, 0.6) is 0 Å². The van der Waals surface area contributed by atoms with E-state index in [4.69, 9.17) is 10.5 Å². The fourth-order valence-corrected chi connectivity index (χ4v) is 1.37. The van der Waals surface area contributed by atoms with E-state index in [-0.39, 0.29) is 18.9 Å². The van der Waals surface area contributed by atoms with Crippen molar-refractivity contribution in [2.75, 3.05) is 6.54 Å². The molecule has 1 rings (SSSR count). The predicted molar refractivity (Wildman–Crippen MR) is 67.5 cm³/mol. The van der Waals surface area contributed by atoms with E-state index in [1.165, 1.54) is 0 Å². The van der Waals surface area contributed by atoms with Gasteiger partial charge in [0.15, 0.2) is 0 Å². The zero-order valence-electron chi connectivity index (χ0n) is 10.4. The third kappa shape index (κ3) is 4.97. The molecule has 0 aromatic heterocycles. The van der Waals surface area contributed by atoms with Crippen molar-refractivity contribution >= 4 is 11.9 Å². The predicted octanol–water partition coefficient (Wildman–Crippen LogP) is 0.583. The Hall–Kier alpha value is -1.88. The Balaban J connectivity index is 2.31. The number of hydrogen-bond donors (Lipinski definition) is 2. The molecule has 1 aromatic carbocycles. The van der Waals surface area contributed by atoms with Crippen LogP contribution in [0.2, 0.25) is 0 Å². The highest BCUT2D eigenvalue weighted by Crippen LogP contribution is 2.02. The van der Waals surface area contributed by atoms with E-state index >= 15 is 0 Å². The minimum Gasteiger partial charge on any atom is -0.461 e. The van der Waals surface area contributed by atoms with Gasteiger partial charge in [0.25, 0.3) is 0 Å². The maximum Gasteiger partial charge on any atom is 0.308 e. The lowest BCUT2D eigenvalue weighted by molar-refractivity contribution is -0.146. The van der Waals surface area contributed by atoms with E-state index < -0.39 is 12.0 Å². The van der Waals surface area contributed by atoms with Gasteiger partial charge in [-0.25, -0.2) is 0 Å². The third-order valence-corrected chi connectivity index (χ3v) is 2.32. The Bertz CT molecular complexity index is 392. The van der Waals surface area contributed by atoms with Crippen LogP contribution in [0, 0.1) is 0 Å². The van der Waals surface area contributed by atoms with E-state index in [1.807, 2.05) is 30.3 Å². The molecular weight excluding hydrogens is 232 g/mol. The molecule has 0 aliphatic carbocycles. The Morgan fingerprint density at radius 1 is 1.33 bits per heavy atom. The lowest BCUT2D eigenvalue weighted by Gasteiger charge is -2.10. The van der Waals surface area contributed by atoms with Gasteiger partial charge >= 0.3 is 5.97 Å². The number of benzene rings is 1. The number of nitrogens with one attached hydrogen (secondary N) is 1. The maximum atomic E-state index is 11.5. The lowest BCUT2D eigenvalue weighted by Crippen LogP contribution is -2.42. The van der Waals surface area contributed by atoms with Crippen LogP contribution in [0.3, 0.4) is 0 Å². The van der Waals surface area contributed by atoms with Gasteiger partial charge < -0.3 is 15.8 Å². The molecule has 0 saturated heterocycles. The first kappa shape index (κ1) is 14.2. The Morgan fingerprint density at radius 2 is 2.00 bits per heavy atom. The Labute approximate surface area is 106 Å². The van der Waals surface area contributed by atoms with Crippen LogP contribution in [0.25, 0.3) is 0 Å². The summed E-state index contributed by atoms with van der Waals surface area (Å²) >= 11 is 0. The average Bonchev–Trinajstić information content (AvgIpc) is 2.38. The first-order valence-electron chi connectivity index (χ1n) is 5.86. The minimum absolute atomic E-state index is 0.112. The van der Waals surface area contributed by atoms with Crippen LogP contribution in [-0.4, -0.2) is 24.5 Å². The first-order valence-corrected chi connectivity index (χ1v) is 5.86. The van der Waals surface area contributed by atoms with Gasteiger partial charge in [-0.2, -0.15) is 0 Å². The van der Waals surface area contributed by atoms with Crippen LogP contribution in [0.1, 0.15) is 18.9 Å². The number of amides is 1. The number of esters is 1. The molecular formula is C13H18N2O3. The highest BCUT2D eigenvalue weighted by Gasteiger charge is 2.17. The molecule has 0 bridgehead atoms. The van der Waals surface area contributed by atoms with Gasteiger partial charge in [0.1, 0.15) is 6.61 Å². The van der Waals surface area contributed by atoms with Crippen molar-refractivity contribution in [3.8, 4) is 0 Å². The molecule has 0 saturated carbocycles.